The van der Waals surface area contributed by atoms with Gasteiger partial charge in [0, 0.05) is 13.1 Å². The van der Waals surface area contributed by atoms with Gasteiger partial charge in [0.25, 0.3) is 0 Å². The van der Waals surface area contributed by atoms with Gasteiger partial charge in [-0.3, -0.25) is 0 Å². The maximum absolute atomic E-state index is 6.08. The van der Waals surface area contributed by atoms with E-state index >= 15 is 0 Å². The van der Waals surface area contributed by atoms with Crippen LogP contribution in [0.3, 0.4) is 0 Å². The Morgan fingerprint density at radius 1 is 1.19 bits per heavy atom. The van der Waals surface area contributed by atoms with E-state index in [1.165, 1.54) is 43.6 Å². The summed E-state index contributed by atoms with van der Waals surface area (Å²) in [4.78, 5) is 11.1. The zero-order chi connectivity index (χ0) is 18.1. The number of ether oxygens (including phenoxy) is 1. The molecule has 2 aromatic rings. The molecule has 1 unspecified atom stereocenters. The molecule has 5 rings (SSSR count). The van der Waals surface area contributed by atoms with Crippen LogP contribution in [0.4, 0.5) is 11.5 Å². The van der Waals surface area contributed by atoms with E-state index in [1.807, 2.05) is 6.92 Å². The van der Waals surface area contributed by atoms with Crippen LogP contribution in [0.1, 0.15) is 35.6 Å². The minimum atomic E-state index is 0.330. The van der Waals surface area contributed by atoms with Crippen molar-refractivity contribution in [3.63, 3.8) is 0 Å². The van der Waals surface area contributed by atoms with Crippen molar-refractivity contribution in [1.29, 1.82) is 0 Å². The lowest BCUT2D eigenvalue weighted by molar-refractivity contribution is 0.0871. The van der Waals surface area contributed by atoms with Crippen molar-refractivity contribution in [3.8, 4) is 6.01 Å². The van der Waals surface area contributed by atoms with E-state index in [-0.39, 0.29) is 0 Å². The predicted octanol–water partition coefficient (Wildman–Crippen LogP) is 2.80. The fourth-order valence-corrected chi connectivity index (χ4v) is 4.19. The smallest absolute Gasteiger partial charge is 0.318 e. The number of fused-ring (bicyclic) bond motifs is 3. The molecule has 4 heterocycles. The first kappa shape index (κ1) is 17.1. The number of aryl methyl sites for hydroxylation is 1. The molecular formula is C20H27N5O. The summed E-state index contributed by atoms with van der Waals surface area (Å²) in [7, 11) is 1.56. The predicted molar refractivity (Wildman–Crippen MR) is 103 cm³/mol. The average Bonchev–Trinajstić information content (AvgIpc) is 2.70. The van der Waals surface area contributed by atoms with E-state index in [4.69, 9.17) is 10.5 Å². The third kappa shape index (κ3) is 3.33. The maximum atomic E-state index is 6.08. The van der Waals surface area contributed by atoms with Crippen LogP contribution >= 0.6 is 0 Å². The molecule has 26 heavy (non-hydrogen) atoms. The quantitative estimate of drug-likeness (QED) is 0.861. The Balaban J connectivity index is 1.43. The Bertz CT molecular complexity index is 769. The van der Waals surface area contributed by atoms with Gasteiger partial charge in [-0.1, -0.05) is 24.3 Å². The fraction of sp³-hybridized carbons (Fsp3) is 0.500. The Labute approximate surface area is 154 Å². The first-order valence-corrected chi connectivity index (χ1v) is 9.37. The number of benzene rings is 1. The summed E-state index contributed by atoms with van der Waals surface area (Å²) in [5, 5.41) is 3.31. The van der Waals surface area contributed by atoms with Gasteiger partial charge in [-0.15, -0.1) is 0 Å². The number of nitrogens with one attached hydrogen (secondary N) is 1. The number of nitrogen functional groups attached to an aromatic ring is 1. The Hall–Kier alpha value is -2.34. The molecule has 1 aromatic carbocycles. The van der Waals surface area contributed by atoms with Crippen molar-refractivity contribution in [2.45, 2.75) is 32.2 Å². The number of nitrogens with zero attached hydrogens (tertiary/aromatic N) is 3. The van der Waals surface area contributed by atoms with Crippen LogP contribution in [0.25, 0.3) is 0 Å². The molecule has 3 aliphatic heterocycles. The molecular weight excluding hydrogens is 326 g/mol. The number of aromatic nitrogens is 2. The number of anilines is 2. The van der Waals surface area contributed by atoms with Crippen molar-refractivity contribution in [3.05, 3.63) is 41.1 Å². The molecule has 2 bridgehead atoms. The third-order valence-electron chi connectivity index (χ3n) is 5.82. The summed E-state index contributed by atoms with van der Waals surface area (Å²) >= 11 is 0. The Morgan fingerprint density at radius 3 is 2.54 bits per heavy atom. The number of hydrogen-bond donors (Lipinski definition) is 2. The monoisotopic (exact) mass is 353 g/mol. The minimum absolute atomic E-state index is 0.330. The summed E-state index contributed by atoms with van der Waals surface area (Å²) in [5.74, 6) is 2.18. The highest BCUT2D eigenvalue weighted by Crippen LogP contribution is 2.38. The third-order valence-corrected chi connectivity index (χ3v) is 5.82. The molecule has 0 saturated carbocycles. The molecule has 138 valence electrons. The second-order valence-corrected chi connectivity index (χ2v) is 7.40. The molecule has 1 atom stereocenters. The van der Waals surface area contributed by atoms with E-state index in [2.05, 4.69) is 44.5 Å². The van der Waals surface area contributed by atoms with Crippen molar-refractivity contribution < 1.29 is 4.74 Å². The van der Waals surface area contributed by atoms with Crippen molar-refractivity contribution in [1.82, 2.24) is 14.9 Å². The van der Waals surface area contributed by atoms with Gasteiger partial charge in [-0.2, -0.15) is 9.97 Å². The number of piperidine rings is 3. The summed E-state index contributed by atoms with van der Waals surface area (Å²) in [6, 6.07) is 9.33. The Kier molecular flexibility index (Phi) is 4.68. The van der Waals surface area contributed by atoms with Gasteiger partial charge in [-0.05, 0) is 55.8 Å². The molecule has 0 amide bonds. The van der Waals surface area contributed by atoms with Crippen LogP contribution in [0, 0.1) is 12.8 Å². The van der Waals surface area contributed by atoms with E-state index < -0.39 is 0 Å². The average molecular weight is 353 g/mol. The molecule has 1 aromatic heterocycles. The summed E-state index contributed by atoms with van der Waals surface area (Å²) < 4.78 is 5.13. The summed E-state index contributed by atoms with van der Waals surface area (Å²) in [5.41, 5.74) is 10.0. The van der Waals surface area contributed by atoms with E-state index in [9.17, 15) is 0 Å². The second-order valence-electron chi connectivity index (χ2n) is 7.40. The zero-order valence-corrected chi connectivity index (χ0v) is 15.5. The number of methoxy groups -OCH3 is 1. The minimum Gasteiger partial charge on any atom is -0.467 e. The van der Waals surface area contributed by atoms with Crippen molar-refractivity contribution >= 4 is 11.5 Å². The van der Waals surface area contributed by atoms with Crippen LogP contribution in [-0.4, -0.2) is 41.6 Å². The second kappa shape index (κ2) is 7.11. The molecule has 3 fully saturated rings. The molecule has 3 aliphatic rings. The van der Waals surface area contributed by atoms with Crippen LogP contribution in [0.15, 0.2) is 24.3 Å². The first-order valence-electron chi connectivity index (χ1n) is 9.37. The van der Waals surface area contributed by atoms with Crippen molar-refractivity contribution in [2.75, 3.05) is 37.8 Å². The lowest BCUT2D eigenvalue weighted by Gasteiger charge is -2.45. The number of hydrogen-bond acceptors (Lipinski definition) is 6. The van der Waals surface area contributed by atoms with E-state index in [0.717, 1.165) is 11.6 Å². The molecule has 0 radical (unpaired) electrons. The lowest BCUT2D eigenvalue weighted by Crippen LogP contribution is -2.46. The largest absolute Gasteiger partial charge is 0.467 e. The van der Waals surface area contributed by atoms with Crippen LogP contribution in [0.5, 0.6) is 6.01 Å². The first-order chi connectivity index (χ1) is 12.6. The van der Waals surface area contributed by atoms with Gasteiger partial charge < -0.3 is 20.7 Å². The molecule has 6 heteroatoms. The van der Waals surface area contributed by atoms with Gasteiger partial charge in [0.1, 0.15) is 0 Å². The van der Waals surface area contributed by atoms with Crippen LogP contribution < -0.4 is 15.8 Å². The highest BCUT2D eigenvalue weighted by molar-refractivity contribution is 5.64. The molecule has 3 saturated heterocycles. The lowest BCUT2D eigenvalue weighted by atomic mass is 9.75. The SMILES string of the molecule is COc1nc(C)c(N)c(NCc2ccc(C3CN4CCC3CC4)cc2)n1. The van der Waals surface area contributed by atoms with E-state index in [0.29, 0.717) is 30.0 Å². The summed E-state index contributed by atoms with van der Waals surface area (Å²) in [6.45, 7) is 6.31. The van der Waals surface area contributed by atoms with Crippen LogP contribution in [-0.2, 0) is 6.54 Å². The topological polar surface area (TPSA) is 76.3 Å². The van der Waals surface area contributed by atoms with E-state index in [1.54, 1.807) is 7.11 Å². The number of nitrogens with two attached hydrogens (primary N) is 1. The maximum Gasteiger partial charge on any atom is 0.318 e. The highest BCUT2D eigenvalue weighted by Gasteiger charge is 2.34. The highest BCUT2D eigenvalue weighted by atomic mass is 16.5. The van der Waals surface area contributed by atoms with Gasteiger partial charge in [0.05, 0.1) is 18.5 Å². The normalized spacial score (nSPS) is 24.5. The zero-order valence-electron chi connectivity index (χ0n) is 15.5. The van der Waals surface area contributed by atoms with Gasteiger partial charge >= 0.3 is 6.01 Å². The standard InChI is InChI=1S/C20H27N5O/c1-13-18(21)19(24-20(23-13)26-2)22-11-14-3-5-15(6-4-14)17-12-25-9-7-16(17)8-10-25/h3-6,16-17H,7-12,21H2,1-2H3,(H,22,23,24). The number of rotatable bonds is 5. The van der Waals surface area contributed by atoms with Gasteiger partial charge in [0.2, 0.25) is 0 Å². The Morgan fingerprint density at radius 2 is 1.92 bits per heavy atom. The van der Waals surface area contributed by atoms with Gasteiger partial charge in [0.15, 0.2) is 5.82 Å². The molecule has 0 aliphatic carbocycles. The van der Waals surface area contributed by atoms with Gasteiger partial charge in [-0.25, -0.2) is 0 Å². The fourth-order valence-electron chi connectivity index (χ4n) is 4.19. The summed E-state index contributed by atoms with van der Waals surface area (Å²) in [6.07, 6.45) is 2.70. The van der Waals surface area contributed by atoms with Crippen molar-refractivity contribution in [2.24, 2.45) is 5.92 Å². The molecule has 0 spiro atoms. The van der Waals surface area contributed by atoms with Crippen LogP contribution in [0.2, 0.25) is 0 Å². The molecule has 6 nitrogen and oxygen atoms in total. The molecule has 3 N–H and O–H groups in total.